The molecule has 1 saturated carbocycles. The highest BCUT2D eigenvalue weighted by atomic mass is 19.1. The predicted molar refractivity (Wildman–Crippen MR) is 96.6 cm³/mol. The number of aryl methyl sites for hydroxylation is 2. The van der Waals surface area contributed by atoms with Gasteiger partial charge in [-0.05, 0) is 56.9 Å². The molecule has 0 spiro atoms. The van der Waals surface area contributed by atoms with Crippen LogP contribution in [0.4, 0.5) is 14.9 Å². The Labute approximate surface area is 147 Å². The number of carbonyl (C=O) groups excluding carboxylic acids is 1. The summed E-state index contributed by atoms with van der Waals surface area (Å²) >= 11 is 0. The lowest BCUT2D eigenvalue weighted by molar-refractivity contribution is 0.232. The average Bonchev–Trinajstić information content (AvgIpc) is 2.88. The zero-order chi connectivity index (χ0) is 18.0. The molecule has 2 amide bonds. The predicted octanol–water partition coefficient (Wildman–Crippen LogP) is 4.33. The van der Waals surface area contributed by atoms with E-state index in [0.717, 1.165) is 30.7 Å². The van der Waals surface area contributed by atoms with Crippen LogP contribution in [0.15, 0.2) is 24.3 Å². The van der Waals surface area contributed by atoms with E-state index < -0.39 is 5.82 Å². The first-order valence-corrected chi connectivity index (χ1v) is 8.85. The van der Waals surface area contributed by atoms with Gasteiger partial charge in [-0.25, -0.2) is 13.9 Å². The van der Waals surface area contributed by atoms with Crippen molar-refractivity contribution >= 4 is 11.7 Å². The van der Waals surface area contributed by atoms with Gasteiger partial charge >= 0.3 is 6.03 Å². The molecule has 0 radical (unpaired) electrons. The van der Waals surface area contributed by atoms with Crippen molar-refractivity contribution in [3.05, 3.63) is 41.5 Å². The van der Waals surface area contributed by atoms with E-state index in [1.54, 1.807) is 16.8 Å². The van der Waals surface area contributed by atoms with Crippen molar-refractivity contribution in [3.63, 3.8) is 0 Å². The summed E-state index contributed by atoms with van der Waals surface area (Å²) in [5, 5.41) is 10.0. The van der Waals surface area contributed by atoms with Gasteiger partial charge in [0, 0.05) is 17.4 Å². The third-order valence-corrected chi connectivity index (χ3v) is 4.87. The van der Waals surface area contributed by atoms with Gasteiger partial charge in [-0.3, -0.25) is 0 Å². The maximum atomic E-state index is 14.5. The highest BCUT2D eigenvalue weighted by Crippen LogP contribution is 2.24. The van der Waals surface area contributed by atoms with Crippen molar-refractivity contribution < 1.29 is 9.18 Å². The van der Waals surface area contributed by atoms with Crippen LogP contribution in [0.5, 0.6) is 0 Å². The molecule has 1 aromatic heterocycles. The smallest absolute Gasteiger partial charge is 0.319 e. The number of nitrogens with one attached hydrogen (secondary N) is 2. The van der Waals surface area contributed by atoms with Gasteiger partial charge in [0.15, 0.2) is 5.82 Å². The molecule has 2 N–H and O–H groups in total. The third-order valence-electron chi connectivity index (χ3n) is 4.87. The van der Waals surface area contributed by atoms with E-state index in [4.69, 9.17) is 0 Å². The summed E-state index contributed by atoms with van der Waals surface area (Å²) in [5.41, 5.74) is 2.50. The number of benzene rings is 1. The van der Waals surface area contributed by atoms with E-state index in [-0.39, 0.29) is 12.1 Å². The van der Waals surface area contributed by atoms with Gasteiger partial charge in [-0.1, -0.05) is 19.8 Å². The molecule has 1 aliphatic rings. The average molecular weight is 344 g/mol. The largest absolute Gasteiger partial charge is 0.335 e. The Morgan fingerprint density at radius 3 is 2.64 bits per heavy atom. The van der Waals surface area contributed by atoms with Crippen molar-refractivity contribution in [2.24, 2.45) is 5.92 Å². The molecular formula is C19H25FN4O. The zero-order valence-corrected chi connectivity index (χ0v) is 15.0. The molecule has 0 saturated heterocycles. The Balaban J connectivity index is 1.68. The van der Waals surface area contributed by atoms with Gasteiger partial charge in [0.05, 0.1) is 5.69 Å². The Bertz CT molecular complexity index is 771. The van der Waals surface area contributed by atoms with Gasteiger partial charge in [-0.15, -0.1) is 0 Å². The summed E-state index contributed by atoms with van der Waals surface area (Å²) in [6.07, 6.45) is 4.50. The van der Waals surface area contributed by atoms with Crippen LogP contribution >= 0.6 is 0 Å². The quantitative estimate of drug-likeness (QED) is 0.871. The monoisotopic (exact) mass is 344 g/mol. The first-order valence-electron chi connectivity index (χ1n) is 8.85. The first kappa shape index (κ1) is 17.5. The highest BCUT2D eigenvalue weighted by Gasteiger charge is 2.22. The molecule has 2 aromatic rings. The number of amides is 2. The Hall–Kier alpha value is -2.37. The van der Waals surface area contributed by atoms with Crippen LogP contribution in [0, 0.1) is 25.6 Å². The minimum atomic E-state index is -0.421. The number of hydrogen-bond donors (Lipinski definition) is 2. The van der Waals surface area contributed by atoms with Crippen LogP contribution in [0.2, 0.25) is 0 Å². The van der Waals surface area contributed by atoms with Gasteiger partial charge in [0.1, 0.15) is 5.69 Å². The normalized spacial score (nSPS) is 20.3. The molecule has 25 heavy (non-hydrogen) atoms. The summed E-state index contributed by atoms with van der Waals surface area (Å²) in [7, 11) is 0. The number of halogens is 1. The van der Waals surface area contributed by atoms with Crippen LogP contribution in [-0.2, 0) is 0 Å². The fourth-order valence-corrected chi connectivity index (χ4v) is 3.50. The topological polar surface area (TPSA) is 59.0 Å². The maximum absolute atomic E-state index is 14.5. The second-order valence-corrected chi connectivity index (χ2v) is 6.97. The number of hydrogen-bond acceptors (Lipinski definition) is 2. The molecule has 2 atom stereocenters. The molecule has 134 valence electrons. The van der Waals surface area contributed by atoms with E-state index in [0.29, 0.717) is 17.3 Å². The van der Waals surface area contributed by atoms with E-state index in [9.17, 15) is 9.18 Å². The number of rotatable bonds is 3. The number of nitrogens with zero attached hydrogens (tertiary/aromatic N) is 2. The van der Waals surface area contributed by atoms with Crippen molar-refractivity contribution in [1.29, 1.82) is 0 Å². The summed E-state index contributed by atoms with van der Waals surface area (Å²) in [6.45, 7) is 5.91. The fourth-order valence-electron chi connectivity index (χ4n) is 3.50. The van der Waals surface area contributed by atoms with Gasteiger partial charge in [0.2, 0.25) is 0 Å². The highest BCUT2D eigenvalue weighted by molar-refractivity contribution is 5.89. The molecule has 1 fully saturated rings. The molecule has 1 heterocycles. The molecule has 6 heteroatoms. The number of carbonyl (C=O) groups is 1. The van der Waals surface area contributed by atoms with E-state index in [2.05, 4.69) is 22.7 Å². The van der Waals surface area contributed by atoms with Crippen LogP contribution < -0.4 is 10.6 Å². The van der Waals surface area contributed by atoms with Crippen molar-refractivity contribution in [1.82, 2.24) is 15.1 Å². The SMILES string of the molecule is Cc1cc(C)n(-c2ccc(NC(=O)NC3CCCCC3C)cc2F)n1. The lowest BCUT2D eigenvalue weighted by Gasteiger charge is -2.29. The van der Waals surface area contributed by atoms with E-state index >= 15 is 0 Å². The molecule has 1 aromatic carbocycles. The Morgan fingerprint density at radius 1 is 1.24 bits per heavy atom. The standard InChI is InChI=1S/C19H25FN4O/c1-12-6-4-5-7-17(12)22-19(25)21-15-8-9-18(16(20)11-15)24-14(3)10-13(2)23-24/h8-12,17H,4-7H2,1-3H3,(H2,21,22,25). The van der Waals surface area contributed by atoms with E-state index in [1.165, 1.54) is 12.5 Å². The lowest BCUT2D eigenvalue weighted by atomic mass is 9.86. The third kappa shape index (κ3) is 4.00. The number of aromatic nitrogens is 2. The second kappa shape index (κ2) is 7.25. The number of urea groups is 1. The summed E-state index contributed by atoms with van der Waals surface area (Å²) in [6, 6.07) is 6.46. The second-order valence-electron chi connectivity index (χ2n) is 6.97. The molecule has 0 bridgehead atoms. The lowest BCUT2D eigenvalue weighted by Crippen LogP contribution is -2.43. The van der Waals surface area contributed by atoms with Gasteiger partial charge in [0.25, 0.3) is 0 Å². The Kier molecular flexibility index (Phi) is 5.06. The van der Waals surface area contributed by atoms with Gasteiger partial charge in [-0.2, -0.15) is 5.10 Å². The van der Waals surface area contributed by atoms with Crippen LogP contribution in [0.25, 0.3) is 5.69 Å². The van der Waals surface area contributed by atoms with Crippen LogP contribution in [0.1, 0.15) is 44.0 Å². The Morgan fingerprint density at radius 2 is 2.00 bits per heavy atom. The molecule has 3 rings (SSSR count). The van der Waals surface area contributed by atoms with Gasteiger partial charge < -0.3 is 10.6 Å². The fraction of sp³-hybridized carbons (Fsp3) is 0.474. The van der Waals surface area contributed by atoms with Crippen molar-refractivity contribution in [2.45, 2.75) is 52.5 Å². The van der Waals surface area contributed by atoms with Crippen LogP contribution in [-0.4, -0.2) is 21.9 Å². The summed E-state index contributed by atoms with van der Waals surface area (Å²) < 4.78 is 16.0. The minimum absolute atomic E-state index is 0.188. The zero-order valence-electron chi connectivity index (χ0n) is 15.0. The maximum Gasteiger partial charge on any atom is 0.319 e. The molecule has 1 aliphatic carbocycles. The molecule has 5 nitrogen and oxygen atoms in total. The minimum Gasteiger partial charge on any atom is -0.335 e. The van der Waals surface area contributed by atoms with E-state index in [1.807, 2.05) is 19.9 Å². The first-order chi connectivity index (χ1) is 11.9. The molecule has 2 unspecified atom stereocenters. The molecular weight excluding hydrogens is 319 g/mol. The van der Waals surface area contributed by atoms with Crippen molar-refractivity contribution in [2.75, 3.05) is 5.32 Å². The van der Waals surface area contributed by atoms with Crippen LogP contribution in [0.3, 0.4) is 0 Å². The van der Waals surface area contributed by atoms with Crippen molar-refractivity contribution in [3.8, 4) is 5.69 Å². The number of anilines is 1. The summed E-state index contributed by atoms with van der Waals surface area (Å²) in [5.74, 6) is 0.0553. The molecule has 0 aliphatic heterocycles. The summed E-state index contributed by atoms with van der Waals surface area (Å²) in [4.78, 5) is 12.2.